The number of carbonyl (C=O) groups excluding carboxylic acids is 2. The quantitative estimate of drug-likeness (QED) is 0.622. The number of sulfonamides is 1. The van der Waals surface area contributed by atoms with Gasteiger partial charge in [0.1, 0.15) is 11.6 Å². The van der Waals surface area contributed by atoms with Crippen molar-refractivity contribution in [1.29, 1.82) is 0 Å². The molecule has 1 fully saturated rings. The van der Waals surface area contributed by atoms with Gasteiger partial charge in [-0.2, -0.15) is 4.31 Å². The first kappa shape index (κ1) is 20.1. The van der Waals surface area contributed by atoms with Crippen molar-refractivity contribution in [2.45, 2.75) is 30.7 Å². The van der Waals surface area contributed by atoms with E-state index < -0.39 is 27.9 Å². The first-order valence-electron chi connectivity index (χ1n) is 9.55. The number of hydrogen-bond donors (Lipinski definition) is 2. The normalized spacial score (nSPS) is 17.2. The molecule has 0 aliphatic carbocycles. The van der Waals surface area contributed by atoms with Crippen molar-refractivity contribution in [3.8, 4) is 0 Å². The van der Waals surface area contributed by atoms with Crippen LogP contribution in [0.3, 0.4) is 0 Å². The number of nitrogens with zero attached hydrogens (tertiary/aromatic N) is 1. The Balaban J connectivity index is 1.47. The molecule has 1 aliphatic heterocycles. The molecular weight excluding hydrogens is 406 g/mol. The predicted molar refractivity (Wildman–Crippen MR) is 110 cm³/mol. The third kappa shape index (κ3) is 3.57. The predicted octanol–water partition coefficient (Wildman–Crippen LogP) is 2.36. The van der Waals surface area contributed by atoms with Crippen molar-refractivity contribution in [2.24, 2.45) is 0 Å². The number of hydrazine groups is 1. The molecule has 0 bridgehead atoms. The molecule has 0 spiro atoms. The summed E-state index contributed by atoms with van der Waals surface area (Å²) in [5.41, 5.74) is 5.91. The minimum atomic E-state index is -3.81. The molecule has 1 aromatic heterocycles. The van der Waals surface area contributed by atoms with Crippen molar-refractivity contribution in [3.05, 3.63) is 65.9 Å². The third-order valence-electron chi connectivity index (χ3n) is 5.21. The van der Waals surface area contributed by atoms with Crippen molar-refractivity contribution in [3.63, 3.8) is 0 Å². The van der Waals surface area contributed by atoms with E-state index in [9.17, 15) is 18.0 Å². The van der Waals surface area contributed by atoms with Crippen LogP contribution in [0, 0.1) is 6.92 Å². The zero-order valence-electron chi connectivity index (χ0n) is 16.3. The highest BCUT2D eigenvalue weighted by Gasteiger charge is 2.39. The number of fused-ring (bicyclic) bond motifs is 1. The maximum atomic E-state index is 12.9. The Bertz CT molecular complexity index is 1200. The number of rotatable bonds is 4. The molecule has 2 amide bonds. The van der Waals surface area contributed by atoms with Gasteiger partial charge < -0.3 is 4.42 Å². The van der Waals surface area contributed by atoms with Crippen molar-refractivity contribution >= 4 is 32.8 Å². The van der Waals surface area contributed by atoms with Gasteiger partial charge in [-0.3, -0.25) is 20.4 Å². The minimum absolute atomic E-state index is 0.0942. The lowest BCUT2D eigenvalue weighted by atomic mass is 10.1. The molecule has 1 aliphatic rings. The first-order chi connectivity index (χ1) is 14.4. The molecule has 2 aromatic carbocycles. The standard InChI is InChI=1S/C21H21N3O5S/c1-14-16-10-5-6-12-18(16)29-19(14)21(26)23-22-20(25)17-11-7-13-24(17)30(27,28)15-8-3-2-4-9-15/h2-6,8-10,12,17H,7,11,13H2,1H3,(H,22,25)(H,23,26). The monoisotopic (exact) mass is 427 g/mol. The van der Waals surface area contributed by atoms with E-state index in [1.807, 2.05) is 12.1 Å². The highest BCUT2D eigenvalue weighted by atomic mass is 32.2. The van der Waals surface area contributed by atoms with E-state index in [0.29, 0.717) is 24.0 Å². The first-order valence-corrected chi connectivity index (χ1v) is 11.0. The molecule has 1 unspecified atom stereocenters. The van der Waals surface area contributed by atoms with E-state index in [0.717, 1.165) is 5.39 Å². The van der Waals surface area contributed by atoms with E-state index in [1.165, 1.54) is 16.4 Å². The minimum Gasteiger partial charge on any atom is -0.451 e. The van der Waals surface area contributed by atoms with Gasteiger partial charge in [0, 0.05) is 17.5 Å². The average Bonchev–Trinajstić information content (AvgIpc) is 3.38. The second kappa shape index (κ2) is 7.92. The number of aryl methyl sites for hydroxylation is 1. The van der Waals surface area contributed by atoms with Crippen LogP contribution < -0.4 is 10.9 Å². The second-order valence-electron chi connectivity index (χ2n) is 7.08. The lowest BCUT2D eigenvalue weighted by Crippen LogP contribution is -2.51. The molecule has 0 radical (unpaired) electrons. The number of para-hydroxylation sites is 1. The van der Waals surface area contributed by atoms with Crippen LogP contribution in [-0.4, -0.2) is 37.1 Å². The van der Waals surface area contributed by atoms with Crippen molar-refractivity contribution < 1.29 is 22.4 Å². The van der Waals surface area contributed by atoms with E-state index in [1.54, 1.807) is 37.3 Å². The number of amides is 2. The smallest absolute Gasteiger partial charge is 0.305 e. The average molecular weight is 427 g/mol. The van der Waals surface area contributed by atoms with Gasteiger partial charge in [0.05, 0.1) is 4.90 Å². The molecule has 3 aromatic rings. The molecule has 0 saturated carbocycles. The fourth-order valence-corrected chi connectivity index (χ4v) is 5.34. The van der Waals surface area contributed by atoms with Crippen LogP contribution >= 0.6 is 0 Å². The highest BCUT2D eigenvalue weighted by molar-refractivity contribution is 7.89. The molecule has 156 valence electrons. The van der Waals surface area contributed by atoms with Gasteiger partial charge in [-0.15, -0.1) is 0 Å². The Kier molecular flexibility index (Phi) is 5.31. The zero-order chi connectivity index (χ0) is 21.3. The van der Waals surface area contributed by atoms with Gasteiger partial charge >= 0.3 is 5.91 Å². The maximum Gasteiger partial charge on any atom is 0.305 e. The Labute approximate surface area is 173 Å². The van der Waals surface area contributed by atoms with Crippen LogP contribution in [0.4, 0.5) is 0 Å². The lowest BCUT2D eigenvalue weighted by molar-refractivity contribution is -0.125. The van der Waals surface area contributed by atoms with Crippen LogP contribution in [0.15, 0.2) is 63.9 Å². The Hall–Kier alpha value is -3.17. The van der Waals surface area contributed by atoms with Crippen LogP contribution in [0.5, 0.6) is 0 Å². The van der Waals surface area contributed by atoms with Crippen LogP contribution in [0.1, 0.15) is 29.0 Å². The van der Waals surface area contributed by atoms with Gasteiger partial charge in [-0.25, -0.2) is 8.42 Å². The molecule has 1 saturated heterocycles. The molecule has 4 rings (SSSR count). The fourth-order valence-electron chi connectivity index (χ4n) is 3.67. The highest BCUT2D eigenvalue weighted by Crippen LogP contribution is 2.26. The van der Waals surface area contributed by atoms with E-state index >= 15 is 0 Å². The summed E-state index contributed by atoms with van der Waals surface area (Å²) in [6.07, 6.45) is 0.929. The van der Waals surface area contributed by atoms with E-state index in [-0.39, 0.29) is 17.2 Å². The number of nitrogens with one attached hydrogen (secondary N) is 2. The number of carbonyl (C=O) groups is 2. The van der Waals surface area contributed by atoms with Crippen LogP contribution in [0.2, 0.25) is 0 Å². The van der Waals surface area contributed by atoms with Crippen molar-refractivity contribution in [1.82, 2.24) is 15.2 Å². The SMILES string of the molecule is Cc1c(C(=O)NNC(=O)C2CCCN2S(=O)(=O)c2ccccc2)oc2ccccc12. The zero-order valence-corrected chi connectivity index (χ0v) is 17.1. The van der Waals surface area contributed by atoms with Gasteiger partial charge in [0.25, 0.3) is 5.91 Å². The summed E-state index contributed by atoms with van der Waals surface area (Å²) in [6, 6.07) is 14.3. The summed E-state index contributed by atoms with van der Waals surface area (Å²) in [6.45, 7) is 2.00. The third-order valence-corrected chi connectivity index (χ3v) is 7.13. The molecule has 8 nitrogen and oxygen atoms in total. The summed E-state index contributed by atoms with van der Waals surface area (Å²) < 4.78 is 32.6. The Morgan fingerprint density at radius 3 is 2.47 bits per heavy atom. The topological polar surface area (TPSA) is 109 Å². The lowest BCUT2D eigenvalue weighted by Gasteiger charge is -2.23. The fraction of sp³-hybridized carbons (Fsp3) is 0.238. The number of hydrogen-bond acceptors (Lipinski definition) is 5. The molecule has 2 N–H and O–H groups in total. The molecule has 30 heavy (non-hydrogen) atoms. The van der Waals surface area contributed by atoms with E-state index in [4.69, 9.17) is 4.42 Å². The molecular formula is C21H21N3O5S. The van der Waals surface area contributed by atoms with Crippen LogP contribution in [0.25, 0.3) is 11.0 Å². The Morgan fingerprint density at radius 1 is 1.03 bits per heavy atom. The van der Waals surface area contributed by atoms with Crippen LogP contribution in [-0.2, 0) is 14.8 Å². The van der Waals surface area contributed by atoms with Gasteiger partial charge in [-0.1, -0.05) is 36.4 Å². The summed E-state index contributed by atoms with van der Waals surface area (Å²) in [5, 5.41) is 0.810. The van der Waals surface area contributed by atoms with Gasteiger partial charge in [0.2, 0.25) is 10.0 Å². The van der Waals surface area contributed by atoms with Gasteiger partial charge in [-0.05, 0) is 38.0 Å². The molecule has 9 heteroatoms. The maximum absolute atomic E-state index is 12.9. The summed E-state index contributed by atoms with van der Waals surface area (Å²) in [4.78, 5) is 25.3. The van der Waals surface area contributed by atoms with Crippen molar-refractivity contribution in [2.75, 3.05) is 6.54 Å². The number of furan rings is 1. The summed E-state index contributed by atoms with van der Waals surface area (Å²) in [7, 11) is -3.81. The molecule has 2 heterocycles. The number of benzene rings is 2. The van der Waals surface area contributed by atoms with Gasteiger partial charge in [0.15, 0.2) is 5.76 Å². The Morgan fingerprint density at radius 2 is 1.73 bits per heavy atom. The molecule has 1 atom stereocenters. The second-order valence-corrected chi connectivity index (χ2v) is 8.97. The summed E-state index contributed by atoms with van der Waals surface area (Å²) >= 11 is 0. The summed E-state index contributed by atoms with van der Waals surface area (Å²) in [5.74, 6) is -1.10. The largest absolute Gasteiger partial charge is 0.451 e. The van der Waals surface area contributed by atoms with E-state index in [2.05, 4.69) is 10.9 Å².